The minimum atomic E-state index is 0.717. The van der Waals surface area contributed by atoms with Crippen LogP contribution in [0.15, 0.2) is 0 Å². The summed E-state index contributed by atoms with van der Waals surface area (Å²) in [5.74, 6) is 2.86. The van der Waals surface area contributed by atoms with Gasteiger partial charge in [0.1, 0.15) is 11.6 Å². The molecule has 18 heavy (non-hydrogen) atoms. The second-order valence-electron chi connectivity index (χ2n) is 5.63. The summed E-state index contributed by atoms with van der Waals surface area (Å²) in [6, 6.07) is 0. The minimum absolute atomic E-state index is 0.717. The maximum Gasteiger partial charge on any atom is 0.133 e. The minimum Gasteiger partial charge on any atom is -0.370 e. The summed E-state index contributed by atoms with van der Waals surface area (Å²) in [6.45, 7) is 7.70. The van der Waals surface area contributed by atoms with E-state index in [0.29, 0.717) is 5.92 Å². The predicted molar refractivity (Wildman–Crippen MR) is 76.0 cm³/mol. The molecule has 0 radical (unpaired) electrons. The Morgan fingerprint density at radius 2 is 2.06 bits per heavy atom. The van der Waals surface area contributed by atoms with Crippen molar-refractivity contribution in [2.75, 3.05) is 11.9 Å². The van der Waals surface area contributed by atoms with Crippen molar-refractivity contribution >= 4 is 5.82 Å². The first-order valence-electron chi connectivity index (χ1n) is 7.33. The molecule has 1 aromatic heterocycles. The smallest absolute Gasteiger partial charge is 0.133 e. The fourth-order valence-corrected chi connectivity index (χ4v) is 2.40. The van der Waals surface area contributed by atoms with Gasteiger partial charge >= 0.3 is 0 Å². The maximum absolute atomic E-state index is 4.74. The second-order valence-corrected chi connectivity index (χ2v) is 5.63. The molecular weight excluding hydrogens is 222 g/mol. The lowest BCUT2D eigenvalue weighted by Gasteiger charge is -2.12. The zero-order chi connectivity index (χ0) is 13.0. The molecular formula is C15H25N3. The summed E-state index contributed by atoms with van der Waals surface area (Å²) in [4.78, 5) is 9.47. The maximum atomic E-state index is 4.74. The van der Waals surface area contributed by atoms with E-state index in [4.69, 9.17) is 9.97 Å². The Labute approximate surface area is 110 Å². The lowest BCUT2D eigenvalue weighted by molar-refractivity contribution is 0.573. The van der Waals surface area contributed by atoms with E-state index in [1.165, 1.54) is 24.1 Å². The van der Waals surface area contributed by atoms with E-state index in [0.717, 1.165) is 43.9 Å². The van der Waals surface area contributed by atoms with Crippen LogP contribution in [0.4, 0.5) is 5.82 Å². The fourth-order valence-electron chi connectivity index (χ4n) is 2.40. The Bertz CT molecular complexity index is 399. The lowest BCUT2D eigenvalue weighted by Crippen LogP contribution is -2.10. The quantitative estimate of drug-likeness (QED) is 0.837. The molecule has 0 atom stereocenters. The molecule has 0 amide bonds. The van der Waals surface area contributed by atoms with Crippen molar-refractivity contribution in [1.82, 2.24) is 9.97 Å². The Balaban J connectivity index is 2.16. The van der Waals surface area contributed by atoms with Gasteiger partial charge in [-0.25, -0.2) is 9.97 Å². The molecule has 3 heteroatoms. The van der Waals surface area contributed by atoms with Gasteiger partial charge in [-0.3, -0.25) is 0 Å². The summed E-state index contributed by atoms with van der Waals surface area (Å²) in [7, 11) is 0. The molecule has 0 fully saturated rings. The highest BCUT2D eigenvalue weighted by molar-refractivity contribution is 5.48. The van der Waals surface area contributed by atoms with Crippen LogP contribution >= 0.6 is 0 Å². The zero-order valence-electron chi connectivity index (χ0n) is 11.9. The highest BCUT2D eigenvalue weighted by Gasteiger charge is 2.18. The molecule has 1 aromatic rings. The first kappa shape index (κ1) is 13.3. The molecule has 3 nitrogen and oxygen atoms in total. The molecule has 0 aliphatic heterocycles. The van der Waals surface area contributed by atoms with Crippen molar-refractivity contribution in [3.63, 3.8) is 0 Å². The van der Waals surface area contributed by atoms with Crippen molar-refractivity contribution < 1.29 is 0 Å². The number of fused-ring (bicyclic) bond motifs is 1. The van der Waals surface area contributed by atoms with E-state index >= 15 is 0 Å². The van der Waals surface area contributed by atoms with Gasteiger partial charge in [0.15, 0.2) is 0 Å². The Hall–Kier alpha value is -1.12. The average molecular weight is 247 g/mol. The Kier molecular flexibility index (Phi) is 4.56. The predicted octanol–water partition coefficient (Wildman–Crippen LogP) is 3.38. The van der Waals surface area contributed by atoms with Crippen LogP contribution < -0.4 is 5.32 Å². The van der Waals surface area contributed by atoms with Crippen molar-refractivity contribution in [2.24, 2.45) is 5.92 Å². The molecule has 0 saturated heterocycles. The van der Waals surface area contributed by atoms with Gasteiger partial charge in [0, 0.05) is 24.2 Å². The van der Waals surface area contributed by atoms with E-state index in [-0.39, 0.29) is 0 Å². The van der Waals surface area contributed by atoms with Gasteiger partial charge in [0.2, 0.25) is 0 Å². The second kappa shape index (κ2) is 6.17. The number of nitrogens with zero attached hydrogens (tertiary/aromatic N) is 2. The van der Waals surface area contributed by atoms with E-state index in [2.05, 4.69) is 26.1 Å². The van der Waals surface area contributed by atoms with Crippen LogP contribution in [0.5, 0.6) is 0 Å². The van der Waals surface area contributed by atoms with Gasteiger partial charge in [-0.15, -0.1) is 0 Å². The standard InChI is InChI=1S/C15H25N3/c1-4-10-16-15-12-6-5-7-13(12)17-14(18-15)9-8-11(2)3/h11H,4-10H2,1-3H3,(H,16,17,18). The summed E-state index contributed by atoms with van der Waals surface area (Å²) in [6.07, 6.45) is 6.83. The molecule has 1 heterocycles. The third-order valence-electron chi connectivity index (χ3n) is 3.47. The topological polar surface area (TPSA) is 37.8 Å². The monoisotopic (exact) mass is 247 g/mol. The molecule has 1 aliphatic rings. The van der Waals surface area contributed by atoms with E-state index < -0.39 is 0 Å². The molecule has 0 unspecified atom stereocenters. The van der Waals surface area contributed by atoms with Crippen molar-refractivity contribution in [3.8, 4) is 0 Å². The molecule has 0 bridgehead atoms. The number of anilines is 1. The van der Waals surface area contributed by atoms with Gasteiger partial charge in [0.25, 0.3) is 0 Å². The molecule has 1 aliphatic carbocycles. The Morgan fingerprint density at radius 1 is 1.22 bits per heavy atom. The summed E-state index contributed by atoms with van der Waals surface area (Å²) >= 11 is 0. The van der Waals surface area contributed by atoms with Crippen LogP contribution in [0.1, 0.15) is 57.1 Å². The van der Waals surface area contributed by atoms with Crippen LogP contribution in [-0.4, -0.2) is 16.5 Å². The van der Waals surface area contributed by atoms with E-state index in [1.54, 1.807) is 0 Å². The fraction of sp³-hybridized carbons (Fsp3) is 0.733. The molecule has 0 aromatic carbocycles. The zero-order valence-corrected chi connectivity index (χ0v) is 11.9. The summed E-state index contributed by atoms with van der Waals surface area (Å²) in [5.41, 5.74) is 2.67. The highest BCUT2D eigenvalue weighted by atomic mass is 15.0. The average Bonchev–Trinajstić information content (AvgIpc) is 2.81. The highest BCUT2D eigenvalue weighted by Crippen LogP contribution is 2.26. The summed E-state index contributed by atoms with van der Waals surface area (Å²) < 4.78 is 0. The van der Waals surface area contributed by atoms with Gasteiger partial charge in [0.05, 0.1) is 0 Å². The van der Waals surface area contributed by atoms with Crippen molar-refractivity contribution in [2.45, 2.75) is 59.3 Å². The number of rotatable bonds is 6. The molecule has 2 rings (SSSR count). The number of aromatic nitrogens is 2. The van der Waals surface area contributed by atoms with Crippen molar-refractivity contribution in [3.05, 3.63) is 17.1 Å². The third-order valence-corrected chi connectivity index (χ3v) is 3.47. The molecule has 0 spiro atoms. The SMILES string of the molecule is CCCNc1nc(CCC(C)C)nc2c1CCC2. The van der Waals surface area contributed by atoms with Crippen molar-refractivity contribution in [1.29, 1.82) is 0 Å². The number of nitrogens with one attached hydrogen (secondary N) is 1. The Morgan fingerprint density at radius 3 is 2.78 bits per heavy atom. The van der Waals surface area contributed by atoms with Crippen LogP contribution in [0.3, 0.4) is 0 Å². The number of aryl methyl sites for hydroxylation is 2. The number of hydrogen-bond acceptors (Lipinski definition) is 3. The van der Waals surface area contributed by atoms with Gasteiger partial charge in [-0.2, -0.15) is 0 Å². The molecule has 1 N–H and O–H groups in total. The van der Waals surface area contributed by atoms with Crippen LogP contribution in [-0.2, 0) is 19.3 Å². The van der Waals surface area contributed by atoms with Gasteiger partial charge in [-0.05, 0) is 38.0 Å². The summed E-state index contributed by atoms with van der Waals surface area (Å²) in [5, 5.41) is 3.47. The third kappa shape index (κ3) is 3.21. The van der Waals surface area contributed by atoms with Crippen LogP contribution in [0, 0.1) is 5.92 Å². The van der Waals surface area contributed by atoms with E-state index in [9.17, 15) is 0 Å². The van der Waals surface area contributed by atoms with Gasteiger partial charge in [-0.1, -0.05) is 20.8 Å². The normalized spacial score (nSPS) is 14.0. The van der Waals surface area contributed by atoms with Crippen LogP contribution in [0.25, 0.3) is 0 Å². The molecule has 0 saturated carbocycles. The van der Waals surface area contributed by atoms with E-state index in [1.807, 2.05) is 0 Å². The number of hydrogen-bond donors (Lipinski definition) is 1. The van der Waals surface area contributed by atoms with Gasteiger partial charge < -0.3 is 5.32 Å². The first-order chi connectivity index (χ1) is 8.70. The van der Waals surface area contributed by atoms with Crippen LogP contribution in [0.2, 0.25) is 0 Å². The lowest BCUT2D eigenvalue weighted by atomic mass is 10.1. The largest absolute Gasteiger partial charge is 0.370 e. The first-order valence-corrected chi connectivity index (χ1v) is 7.33. The molecule has 100 valence electrons.